The van der Waals surface area contributed by atoms with Crippen LogP contribution in [0.15, 0.2) is 23.8 Å². The van der Waals surface area contributed by atoms with Crippen molar-refractivity contribution in [2.45, 2.75) is 27.2 Å². The van der Waals surface area contributed by atoms with Crippen molar-refractivity contribution < 1.29 is 0 Å². The van der Waals surface area contributed by atoms with Gasteiger partial charge in [0.25, 0.3) is 0 Å². The maximum absolute atomic E-state index is 2.16. The van der Waals surface area contributed by atoms with Gasteiger partial charge < -0.3 is 0 Å². The quantitative estimate of drug-likeness (QED) is 0.449. The molecule has 8 heavy (non-hydrogen) atoms. The van der Waals surface area contributed by atoms with Crippen molar-refractivity contribution >= 4 is 0 Å². The molecule has 0 aliphatic heterocycles. The minimum Gasteiger partial charge on any atom is -0.0805 e. The smallest absolute Gasteiger partial charge is 0.0135 e. The van der Waals surface area contributed by atoms with Gasteiger partial charge in [-0.15, -0.1) is 0 Å². The summed E-state index contributed by atoms with van der Waals surface area (Å²) >= 11 is 0. The highest BCUT2D eigenvalue weighted by molar-refractivity contribution is 5.20. The summed E-state index contributed by atoms with van der Waals surface area (Å²) in [5.41, 5.74) is 1.47. The Bertz CT molecular complexity index is 96.6. The molecule has 0 amide bonds. The van der Waals surface area contributed by atoms with Crippen molar-refractivity contribution in [3.8, 4) is 0 Å². The van der Waals surface area contributed by atoms with E-state index in [0.717, 1.165) is 0 Å². The number of rotatable bonds is 0. The van der Waals surface area contributed by atoms with Crippen molar-refractivity contribution in [3.63, 3.8) is 0 Å². The lowest BCUT2D eigenvalue weighted by atomic mass is 10.3. The lowest BCUT2D eigenvalue weighted by Crippen LogP contribution is -1.58. The summed E-state index contributed by atoms with van der Waals surface area (Å²) in [6.07, 6.45) is 7.56. The molecular formula is C8H14. The van der Waals surface area contributed by atoms with Gasteiger partial charge in [-0.2, -0.15) is 0 Å². The van der Waals surface area contributed by atoms with Gasteiger partial charge in [0.2, 0.25) is 0 Å². The Morgan fingerprint density at radius 1 is 1.38 bits per heavy atom. The number of allylic oxidation sites excluding steroid dienone is 4. The van der Waals surface area contributed by atoms with Crippen LogP contribution in [0.4, 0.5) is 0 Å². The molecule has 0 saturated carbocycles. The van der Waals surface area contributed by atoms with Crippen molar-refractivity contribution in [2.75, 3.05) is 0 Å². The predicted octanol–water partition coefficient (Wildman–Crippen LogP) is 2.92. The van der Waals surface area contributed by atoms with Gasteiger partial charge in [-0.25, -0.2) is 0 Å². The van der Waals surface area contributed by atoms with Crippen LogP contribution in [0.3, 0.4) is 0 Å². The average molecular weight is 110 g/mol. The minimum absolute atomic E-state index is 1.17. The summed E-state index contributed by atoms with van der Waals surface area (Å²) in [6.45, 7) is 6.14. The van der Waals surface area contributed by atoms with E-state index in [4.69, 9.17) is 0 Å². The fraction of sp³-hybridized carbons (Fsp3) is 0.500. The Labute approximate surface area is 51.9 Å². The van der Waals surface area contributed by atoms with Gasteiger partial charge in [-0.3, -0.25) is 0 Å². The molecule has 0 atom stereocenters. The molecule has 0 radical (unpaired) electrons. The zero-order valence-corrected chi connectivity index (χ0v) is 5.94. The molecular weight excluding hydrogens is 96.1 g/mol. The maximum Gasteiger partial charge on any atom is -0.0135 e. The molecule has 0 heteroatoms. The SMILES string of the molecule is CC.CC1=CC=CC1. The van der Waals surface area contributed by atoms with E-state index in [0.29, 0.717) is 0 Å². The van der Waals surface area contributed by atoms with Gasteiger partial charge in [-0.05, 0) is 13.3 Å². The summed E-state index contributed by atoms with van der Waals surface area (Å²) in [6, 6.07) is 0. The average Bonchev–Trinajstić information content (AvgIpc) is 2.24. The Morgan fingerprint density at radius 2 is 2.00 bits per heavy atom. The first-order chi connectivity index (χ1) is 3.89. The number of hydrogen-bond acceptors (Lipinski definition) is 0. The highest BCUT2D eigenvalue weighted by Crippen LogP contribution is 2.06. The normalized spacial score (nSPS) is 14.6. The van der Waals surface area contributed by atoms with Crippen LogP contribution in [-0.4, -0.2) is 0 Å². The van der Waals surface area contributed by atoms with E-state index in [1.165, 1.54) is 12.0 Å². The minimum atomic E-state index is 1.17. The van der Waals surface area contributed by atoms with Crippen molar-refractivity contribution in [1.29, 1.82) is 0 Å². The molecule has 0 heterocycles. The van der Waals surface area contributed by atoms with Gasteiger partial charge in [0.1, 0.15) is 0 Å². The largest absolute Gasteiger partial charge is 0.0805 e. The fourth-order valence-corrected chi connectivity index (χ4v) is 0.554. The van der Waals surface area contributed by atoms with Gasteiger partial charge >= 0.3 is 0 Å². The van der Waals surface area contributed by atoms with Crippen molar-refractivity contribution in [3.05, 3.63) is 23.8 Å². The van der Waals surface area contributed by atoms with Crippen LogP contribution in [0.1, 0.15) is 27.2 Å². The van der Waals surface area contributed by atoms with Crippen LogP contribution in [0.25, 0.3) is 0 Å². The van der Waals surface area contributed by atoms with Crippen LogP contribution in [0, 0.1) is 0 Å². The second-order valence-corrected chi connectivity index (χ2v) is 1.65. The molecule has 1 aliphatic carbocycles. The van der Waals surface area contributed by atoms with E-state index >= 15 is 0 Å². The molecule has 0 unspecified atom stereocenters. The van der Waals surface area contributed by atoms with Crippen molar-refractivity contribution in [1.82, 2.24) is 0 Å². The third kappa shape index (κ3) is 2.62. The summed E-state index contributed by atoms with van der Waals surface area (Å²) < 4.78 is 0. The molecule has 1 aliphatic rings. The van der Waals surface area contributed by atoms with E-state index in [-0.39, 0.29) is 0 Å². The van der Waals surface area contributed by atoms with E-state index in [1.807, 2.05) is 13.8 Å². The summed E-state index contributed by atoms with van der Waals surface area (Å²) in [4.78, 5) is 0. The highest BCUT2D eigenvalue weighted by atomic mass is 13.9. The molecule has 0 fully saturated rings. The van der Waals surface area contributed by atoms with Gasteiger partial charge in [-0.1, -0.05) is 37.6 Å². The third-order valence-electron chi connectivity index (χ3n) is 0.957. The zero-order valence-electron chi connectivity index (χ0n) is 5.94. The molecule has 0 saturated heterocycles. The van der Waals surface area contributed by atoms with E-state index in [2.05, 4.69) is 25.2 Å². The second kappa shape index (κ2) is 4.63. The second-order valence-electron chi connectivity index (χ2n) is 1.65. The molecule has 0 N–H and O–H groups in total. The molecule has 0 aromatic rings. The first kappa shape index (κ1) is 7.48. The summed E-state index contributed by atoms with van der Waals surface area (Å²) in [7, 11) is 0. The van der Waals surface area contributed by atoms with E-state index in [1.54, 1.807) is 0 Å². The Balaban J connectivity index is 0.000000222. The first-order valence-electron chi connectivity index (χ1n) is 3.22. The Morgan fingerprint density at radius 3 is 2.12 bits per heavy atom. The highest BCUT2D eigenvalue weighted by Gasteiger charge is 1.86. The topological polar surface area (TPSA) is 0 Å². The number of hydrogen-bond donors (Lipinski definition) is 0. The molecule has 0 nitrogen and oxygen atoms in total. The van der Waals surface area contributed by atoms with E-state index < -0.39 is 0 Å². The molecule has 0 spiro atoms. The summed E-state index contributed by atoms with van der Waals surface area (Å²) in [5, 5.41) is 0. The van der Waals surface area contributed by atoms with Gasteiger partial charge in [0.15, 0.2) is 0 Å². The zero-order chi connectivity index (χ0) is 6.41. The monoisotopic (exact) mass is 110 g/mol. The van der Waals surface area contributed by atoms with Crippen molar-refractivity contribution in [2.24, 2.45) is 0 Å². The predicted molar refractivity (Wildman–Crippen MR) is 38.9 cm³/mol. The molecule has 46 valence electrons. The van der Waals surface area contributed by atoms with Crippen LogP contribution < -0.4 is 0 Å². The molecule has 0 bridgehead atoms. The van der Waals surface area contributed by atoms with Crippen LogP contribution in [0.5, 0.6) is 0 Å². The first-order valence-corrected chi connectivity index (χ1v) is 3.22. The Kier molecular flexibility index (Phi) is 4.33. The molecule has 0 aromatic heterocycles. The standard InChI is InChI=1S/C6H8.C2H6/c1-6-4-2-3-5-6;1-2/h2-4H,5H2,1H3;1-2H3. The van der Waals surface area contributed by atoms with E-state index in [9.17, 15) is 0 Å². The van der Waals surface area contributed by atoms with Crippen LogP contribution >= 0.6 is 0 Å². The van der Waals surface area contributed by atoms with Crippen LogP contribution in [-0.2, 0) is 0 Å². The third-order valence-corrected chi connectivity index (χ3v) is 0.957. The van der Waals surface area contributed by atoms with Crippen LogP contribution in [0.2, 0.25) is 0 Å². The molecule has 1 rings (SSSR count). The Hall–Kier alpha value is -0.520. The lowest BCUT2D eigenvalue weighted by Gasteiger charge is -1.78. The maximum atomic E-state index is 2.16. The summed E-state index contributed by atoms with van der Waals surface area (Å²) in [5.74, 6) is 0. The van der Waals surface area contributed by atoms with Gasteiger partial charge in [0.05, 0.1) is 0 Å². The molecule has 0 aromatic carbocycles. The fourth-order valence-electron chi connectivity index (χ4n) is 0.554. The van der Waals surface area contributed by atoms with Gasteiger partial charge in [0, 0.05) is 0 Å². The lowest BCUT2D eigenvalue weighted by molar-refractivity contribution is 1.25.